The Labute approximate surface area is 116 Å². The number of pyridine rings is 1. The molecule has 0 bridgehead atoms. The highest BCUT2D eigenvalue weighted by atomic mass is 16.6. The minimum Gasteiger partial charge on any atom is -0.464 e. The van der Waals surface area contributed by atoms with Crippen LogP contribution in [0.1, 0.15) is 36.7 Å². The van der Waals surface area contributed by atoms with Crippen LogP contribution in [0.15, 0.2) is 12.1 Å². The molecule has 0 spiro atoms. The Kier molecular flexibility index (Phi) is 4.16. The van der Waals surface area contributed by atoms with Crippen molar-refractivity contribution in [3.05, 3.63) is 27.9 Å². The van der Waals surface area contributed by atoms with Crippen molar-refractivity contribution in [1.82, 2.24) is 4.98 Å². The number of aromatic nitrogens is 1. The molecule has 108 valence electrons. The largest absolute Gasteiger partial charge is 0.464 e. The van der Waals surface area contributed by atoms with Crippen molar-refractivity contribution in [3.8, 4) is 0 Å². The maximum atomic E-state index is 11.4. The van der Waals surface area contributed by atoms with Crippen LogP contribution in [0.3, 0.4) is 0 Å². The average Bonchev–Trinajstić information content (AvgIpc) is 3.21. The van der Waals surface area contributed by atoms with Crippen LogP contribution < -0.4 is 5.32 Å². The number of esters is 1. The molecule has 7 heteroatoms. The summed E-state index contributed by atoms with van der Waals surface area (Å²) in [5, 5.41) is 14.0. The second kappa shape index (κ2) is 5.85. The smallest absolute Gasteiger partial charge is 0.356 e. The molecule has 0 aliphatic heterocycles. The van der Waals surface area contributed by atoms with Crippen LogP contribution in [0.2, 0.25) is 0 Å². The third kappa shape index (κ3) is 3.43. The Hall–Kier alpha value is -2.18. The van der Waals surface area contributed by atoms with Crippen molar-refractivity contribution >= 4 is 17.5 Å². The van der Waals surface area contributed by atoms with Crippen LogP contribution >= 0.6 is 0 Å². The van der Waals surface area contributed by atoms with E-state index in [1.54, 1.807) is 0 Å². The predicted molar refractivity (Wildman–Crippen MR) is 72.7 cm³/mol. The first-order chi connectivity index (χ1) is 9.51. The summed E-state index contributed by atoms with van der Waals surface area (Å²) < 4.78 is 4.57. The molecule has 1 atom stereocenters. The maximum Gasteiger partial charge on any atom is 0.356 e. The first-order valence-corrected chi connectivity index (χ1v) is 6.51. The zero-order chi connectivity index (χ0) is 14.7. The van der Waals surface area contributed by atoms with Crippen molar-refractivity contribution in [1.29, 1.82) is 0 Å². The highest BCUT2D eigenvalue weighted by Gasteiger charge is 2.26. The summed E-state index contributed by atoms with van der Waals surface area (Å²) in [5.41, 5.74) is -0.0838. The van der Waals surface area contributed by atoms with Gasteiger partial charge in [0, 0.05) is 12.1 Å². The molecule has 0 saturated heterocycles. The molecule has 0 radical (unpaired) electrons. The van der Waals surface area contributed by atoms with Gasteiger partial charge in [0.25, 0.3) is 0 Å². The summed E-state index contributed by atoms with van der Waals surface area (Å²) in [6.07, 6.45) is 3.37. The lowest BCUT2D eigenvalue weighted by Gasteiger charge is -2.14. The fourth-order valence-electron chi connectivity index (χ4n) is 2.07. The van der Waals surface area contributed by atoms with Gasteiger partial charge < -0.3 is 10.1 Å². The zero-order valence-electron chi connectivity index (χ0n) is 11.5. The molecule has 2 rings (SSSR count). The monoisotopic (exact) mass is 279 g/mol. The van der Waals surface area contributed by atoms with Gasteiger partial charge >= 0.3 is 11.7 Å². The second-order valence-electron chi connectivity index (χ2n) is 5.04. The van der Waals surface area contributed by atoms with Crippen molar-refractivity contribution in [2.45, 2.75) is 32.2 Å². The molecule has 1 unspecified atom stereocenters. The number of carbonyl (C=O) groups excluding carboxylic acids is 1. The van der Waals surface area contributed by atoms with Crippen molar-refractivity contribution < 1.29 is 14.5 Å². The topological polar surface area (TPSA) is 94.4 Å². The molecule has 1 heterocycles. The number of anilines is 1. The molecule has 0 amide bonds. The van der Waals surface area contributed by atoms with Gasteiger partial charge in [-0.1, -0.05) is 12.8 Å². The van der Waals surface area contributed by atoms with E-state index in [1.807, 2.05) is 6.92 Å². The Morgan fingerprint density at radius 2 is 2.30 bits per heavy atom. The highest BCUT2D eigenvalue weighted by molar-refractivity contribution is 5.88. The van der Waals surface area contributed by atoms with E-state index in [1.165, 1.54) is 32.1 Å². The Bertz CT molecular complexity index is 528. The van der Waals surface area contributed by atoms with E-state index in [-0.39, 0.29) is 23.2 Å². The number of rotatable bonds is 6. The lowest BCUT2D eigenvalue weighted by atomic mass is 10.1. The van der Waals surface area contributed by atoms with E-state index < -0.39 is 10.9 Å². The van der Waals surface area contributed by atoms with Crippen molar-refractivity contribution in [3.63, 3.8) is 0 Å². The van der Waals surface area contributed by atoms with E-state index in [9.17, 15) is 14.9 Å². The van der Waals surface area contributed by atoms with E-state index >= 15 is 0 Å². The molecule has 1 aliphatic carbocycles. The quantitative estimate of drug-likeness (QED) is 0.488. The maximum absolute atomic E-state index is 11.4. The second-order valence-corrected chi connectivity index (χ2v) is 5.04. The third-order valence-electron chi connectivity index (χ3n) is 3.23. The van der Waals surface area contributed by atoms with Crippen LogP contribution in [-0.2, 0) is 4.74 Å². The van der Waals surface area contributed by atoms with Gasteiger partial charge in [-0.15, -0.1) is 0 Å². The Morgan fingerprint density at radius 1 is 1.60 bits per heavy atom. The lowest BCUT2D eigenvalue weighted by molar-refractivity contribution is -0.384. The van der Waals surface area contributed by atoms with Gasteiger partial charge in [0.15, 0.2) is 5.69 Å². The molecule has 1 saturated carbocycles. The molecular weight excluding hydrogens is 262 g/mol. The first-order valence-electron chi connectivity index (χ1n) is 6.51. The van der Waals surface area contributed by atoms with Gasteiger partial charge in [-0.3, -0.25) is 10.1 Å². The van der Waals surface area contributed by atoms with Gasteiger partial charge in [0.2, 0.25) is 5.82 Å². The van der Waals surface area contributed by atoms with Crippen LogP contribution in [0.5, 0.6) is 0 Å². The minimum atomic E-state index is -0.613. The third-order valence-corrected chi connectivity index (χ3v) is 3.23. The summed E-state index contributed by atoms with van der Waals surface area (Å²) >= 11 is 0. The number of nitrogens with zero attached hydrogens (tertiary/aromatic N) is 2. The van der Waals surface area contributed by atoms with Crippen LogP contribution in [0.25, 0.3) is 0 Å². The number of hydrogen-bond acceptors (Lipinski definition) is 6. The molecule has 0 aromatic carbocycles. The van der Waals surface area contributed by atoms with E-state index in [4.69, 9.17) is 0 Å². The summed E-state index contributed by atoms with van der Waals surface area (Å²) in [6.45, 7) is 1.95. The molecule has 1 aromatic heterocycles. The zero-order valence-corrected chi connectivity index (χ0v) is 11.5. The number of nitro groups is 1. The molecule has 1 fully saturated rings. The number of ether oxygens (including phenoxy) is 1. The van der Waals surface area contributed by atoms with Crippen LogP contribution in [0.4, 0.5) is 11.5 Å². The summed E-state index contributed by atoms with van der Waals surface area (Å²) in [4.78, 5) is 25.9. The lowest BCUT2D eigenvalue weighted by Crippen LogP contribution is -2.19. The molecule has 1 aliphatic rings. The van der Waals surface area contributed by atoms with Crippen LogP contribution in [-0.4, -0.2) is 29.0 Å². The summed E-state index contributed by atoms with van der Waals surface area (Å²) in [5.74, 6) is 0.198. The predicted octanol–water partition coefficient (Wildman–Crippen LogP) is 2.38. The summed E-state index contributed by atoms with van der Waals surface area (Å²) in [6, 6.07) is 2.63. The SMILES string of the molecule is COC(=O)c1ccc([N+](=O)[O-])c(NC(C)CC2CC2)n1. The molecular formula is C13H17N3O4. The van der Waals surface area contributed by atoms with Gasteiger partial charge in [-0.2, -0.15) is 0 Å². The number of hydrogen-bond donors (Lipinski definition) is 1. The number of methoxy groups -OCH3 is 1. The van der Waals surface area contributed by atoms with E-state index in [2.05, 4.69) is 15.0 Å². The fraction of sp³-hybridized carbons (Fsp3) is 0.538. The number of nitrogens with one attached hydrogen (secondary N) is 1. The standard InChI is InChI=1S/C13H17N3O4/c1-8(7-9-3-4-9)14-12-11(16(18)19)6-5-10(15-12)13(17)20-2/h5-6,8-9H,3-4,7H2,1-2H3,(H,14,15). The van der Waals surface area contributed by atoms with E-state index in [0.717, 1.165) is 6.42 Å². The van der Waals surface area contributed by atoms with Crippen molar-refractivity contribution in [2.75, 3.05) is 12.4 Å². The van der Waals surface area contributed by atoms with Crippen LogP contribution in [0, 0.1) is 16.0 Å². The first kappa shape index (κ1) is 14.2. The minimum absolute atomic E-state index is 0.0548. The van der Waals surface area contributed by atoms with Gasteiger partial charge in [-0.25, -0.2) is 9.78 Å². The summed E-state index contributed by atoms with van der Waals surface area (Å²) in [7, 11) is 1.24. The Balaban J connectivity index is 2.21. The average molecular weight is 279 g/mol. The van der Waals surface area contributed by atoms with E-state index in [0.29, 0.717) is 5.92 Å². The van der Waals surface area contributed by atoms with Gasteiger partial charge in [0.05, 0.1) is 12.0 Å². The number of carbonyl (C=O) groups is 1. The highest BCUT2D eigenvalue weighted by Crippen LogP contribution is 2.34. The normalized spacial score (nSPS) is 15.5. The molecule has 1 aromatic rings. The van der Waals surface area contributed by atoms with Crippen molar-refractivity contribution in [2.24, 2.45) is 5.92 Å². The fourth-order valence-corrected chi connectivity index (χ4v) is 2.07. The molecule has 1 N–H and O–H groups in total. The van der Waals surface area contributed by atoms with Gasteiger partial charge in [-0.05, 0) is 25.3 Å². The Morgan fingerprint density at radius 3 is 2.85 bits per heavy atom. The molecule has 7 nitrogen and oxygen atoms in total. The van der Waals surface area contributed by atoms with Gasteiger partial charge in [0.1, 0.15) is 0 Å². The molecule has 20 heavy (non-hydrogen) atoms.